The number of non-ortho nitro benzene ring substituents is 1. The number of rotatable bonds is 5. The number of carbonyl (C=O) groups is 2. The Kier molecular flexibility index (Phi) is 5.40. The van der Waals surface area contributed by atoms with Gasteiger partial charge < -0.3 is 9.47 Å². The van der Waals surface area contributed by atoms with E-state index in [1.165, 1.54) is 48.6 Å². The lowest BCUT2D eigenvalue weighted by molar-refractivity contribution is -0.384. The number of nitro benzene ring substituents is 1. The molecule has 3 aromatic carbocycles. The van der Waals surface area contributed by atoms with Gasteiger partial charge in [0.25, 0.3) is 5.69 Å². The molecule has 0 aliphatic carbocycles. The smallest absolute Gasteiger partial charge is 0.336 e. The molecule has 0 spiro atoms. The molecule has 0 bridgehead atoms. The zero-order valence-electron chi connectivity index (χ0n) is 16.1. The monoisotopic (exact) mass is 413 g/mol. The quantitative estimate of drug-likeness (QED) is 0.195. The van der Waals surface area contributed by atoms with Crippen LogP contribution in [0.4, 0.5) is 5.69 Å². The highest BCUT2D eigenvalue weighted by Crippen LogP contribution is 2.35. The number of hydrogen-bond acceptors (Lipinski definition) is 6. The number of carbonyl (C=O) groups excluding carboxylic acids is 2. The summed E-state index contributed by atoms with van der Waals surface area (Å²) in [5.41, 5.74) is 1.55. The second-order valence-corrected chi connectivity index (χ2v) is 6.61. The van der Waals surface area contributed by atoms with Crippen LogP contribution in [0.25, 0.3) is 12.2 Å². The Morgan fingerprint density at radius 2 is 1.74 bits per heavy atom. The molecule has 152 valence electrons. The summed E-state index contributed by atoms with van der Waals surface area (Å²) < 4.78 is 10.9. The highest BCUT2D eigenvalue weighted by Gasteiger charge is 2.28. The zero-order valence-corrected chi connectivity index (χ0v) is 16.1. The summed E-state index contributed by atoms with van der Waals surface area (Å²) in [4.78, 5) is 35.0. The summed E-state index contributed by atoms with van der Waals surface area (Å²) in [5.74, 6) is -0.420. The van der Waals surface area contributed by atoms with Crippen LogP contribution in [0, 0.1) is 10.1 Å². The highest BCUT2D eigenvalue weighted by molar-refractivity contribution is 6.14. The second-order valence-electron chi connectivity index (χ2n) is 6.61. The van der Waals surface area contributed by atoms with E-state index in [0.717, 1.165) is 5.56 Å². The Morgan fingerprint density at radius 1 is 0.968 bits per heavy atom. The molecule has 0 fully saturated rings. The molecule has 7 heteroatoms. The highest BCUT2D eigenvalue weighted by atomic mass is 16.6. The lowest BCUT2D eigenvalue weighted by Gasteiger charge is -2.03. The number of ether oxygens (including phenoxy) is 2. The maximum atomic E-state index is 12.6. The molecule has 0 saturated carbocycles. The van der Waals surface area contributed by atoms with Gasteiger partial charge >= 0.3 is 5.97 Å². The Hall–Kier alpha value is -4.52. The molecule has 0 aromatic heterocycles. The van der Waals surface area contributed by atoms with Crippen molar-refractivity contribution in [1.82, 2.24) is 0 Å². The fourth-order valence-corrected chi connectivity index (χ4v) is 2.99. The molecule has 7 nitrogen and oxygen atoms in total. The summed E-state index contributed by atoms with van der Waals surface area (Å²) in [6.07, 6.45) is 4.38. The number of fused-ring (bicyclic) bond motifs is 1. The largest absolute Gasteiger partial charge is 0.452 e. The van der Waals surface area contributed by atoms with E-state index in [-0.39, 0.29) is 28.7 Å². The third-order valence-electron chi connectivity index (χ3n) is 4.45. The van der Waals surface area contributed by atoms with E-state index in [1.54, 1.807) is 12.1 Å². The van der Waals surface area contributed by atoms with Gasteiger partial charge in [-0.25, -0.2) is 4.79 Å². The molecule has 0 radical (unpaired) electrons. The van der Waals surface area contributed by atoms with Gasteiger partial charge in [-0.3, -0.25) is 14.9 Å². The van der Waals surface area contributed by atoms with Crippen LogP contribution in [0.1, 0.15) is 21.5 Å². The first-order valence-corrected chi connectivity index (χ1v) is 9.27. The predicted molar refractivity (Wildman–Crippen MR) is 114 cm³/mol. The van der Waals surface area contributed by atoms with E-state index in [9.17, 15) is 19.7 Å². The van der Waals surface area contributed by atoms with E-state index in [1.807, 2.05) is 30.3 Å². The second kappa shape index (κ2) is 8.46. The molecule has 3 aromatic rings. The lowest BCUT2D eigenvalue weighted by atomic mass is 10.1. The Balaban J connectivity index is 1.49. The Bertz CT molecular complexity index is 1240. The summed E-state index contributed by atoms with van der Waals surface area (Å²) >= 11 is 0. The van der Waals surface area contributed by atoms with Crippen LogP contribution < -0.4 is 9.47 Å². The van der Waals surface area contributed by atoms with Crippen LogP contribution in [0.3, 0.4) is 0 Å². The van der Waals surface area contributed by atoms with Gasteiger partial charge in [-0.2, -0.15) is 0 Å². The van der Waals surface area contributed by atoms with Gasteiger partial charge in [-0.15, -0.1) is 0 Å². The van der Waals surface area contributed by atoms with E-state index >= 15 is 0 Å². The minimum atomic E-state index is -0.569. The van der Waals surface area contributed by atoms with E-state index in [2.05, 4.69) is 0 Å². The van der Waals surface area contributed by atoms with Crippen molar-refractivity contribution in [2.45, 2.75) is 0 Å². The standard InChI is InChI=1S/C24H15NO6/c26-23(12-9-16-5-2-1-3-6-16)30-19-10-11-20-21(15-19)31-22(24(20)27)14-17-7-4-8-18(13-17)25(28)29/h1-15H/b12-9+,22-14-. The van der Waals surface area contributed by atoms with E-state index in [0.29, 0.717) is 11.1 Å². The normalized spacial score (nSPS) is 13.8. The number of nitro groups is 1. The van der Waals surface area contributed by atoms with Gasteiger partial charge in [0.15, 0.2) is 5.76 Å². The van der Waals surface area contributed by atoms with Crippen LogP contribution in [-0.4, -0.2) is 16.7 Å². The number of benzene rings is 3. The van der Waals surface area contributed by atoms with Crippen LogP contribution >= 0.6 is 0 Å². The van der Waals surface area contributed by atoms with E-state index in [4.69, 9.17) is 9.47 Å². The first-order chi connectivity index (χ1) is 15.0. The number of hydrogen-bond donors (Lipinski definition) is 0. The fourth-order valence-electron chi connectivity index (χ4n) is 2.99. The van der Waals surface area contributed by atoms with Crippen molar-refractivity contribution in [3.05, 3.63) is 111 Å². The number of Topliss-reactive ketones (excluding diaryl/α,β-unsaturated/α-hetero) is 1. The molecule has 0 atom stereocenters. The third kappa shape index (κ3) is 4.56. The van der Waals surface area contributed by atoms with Gasteiger partial charge in [0.05, 0.1) is 10.5 Å². The molecule has 0 unspecified atom stereocenters. The van der Waals surface area contributed by atoms with Crippen molar-refractivity contribution >= 4 is 29.6 Å². The zero-order chi connectivity index (χ0) is 21.8. The molecule has 4 rings (SSSR count). The summed E-state index contributed by atoms with van der Waals surface area (Å²) in [7, 11) is 0. The van der Waals surface area contributed by atoms with Gasteiger partial charge in [-0.05, 0) is 35.4 Å². The SMILES string of the molecule is O=C(/C=C/c1ccccc1)Oc1ccc2c(c1)O/C(=C\c1cccc([N+](=O)[O-])c1)C2=O. The molecular weight excluding hydrogens is 398 g/mol. The van der Waals surface area contributed by atoms with Crippen molar-refractivity contribution in [2.75, 3.05) is 0 Å². The maximum absolute atomic E-state index is 12.6. The van der Waals surface area contributed by atoms with Crippen LogP contribution in [0.5, 0.6) is 11.5 Å². The summed E-state index contributed by atoms with van der Waals surface area (Å²) in [6.45, 7) is 0. The Labute approximate surface area is 177 Å². The number of nitrogens with zero attached hydrogens (tertiary/aromatic N) is 1. The third-order valence-corrected chi connectivity index (χ3v) is 4.45. The molecule has 0 N–H and O–H groups in total. The van der Waals surface area contributed by atoms with Crippen molar-refractivity contribution in [2.24, 2.45) is 0 Å². The average Bonchev–Trinajstić information content (AvgIpc) is 3.07. The first kappa shape index (κ1) is 19.8. The van der Waals surface area contributed by atoms with Crippen molar-refractivity contribution in [1.29, 1.82) is 0 Å². The predicted octanol–water partition coefficient (Wildman–Crippen LogP) is 4.83. The van der Waals surface area contributed by atoms with Crippen molar-refractivity contribution < 1.29 is 24.0 Å². The lowest BCUT2D eigenvalue weighted by Crippen LogP contribution is -2.03. The van der Waals surface area contributed by atoms with Gasteiger partial charge in [0, 0.05) is 24.3 Å². The number of ketones is 1. The summed E-state index contributed by atoms with van der Waals surface area (Å²) in [6, 6.07) is 19.6. The van der Waals surface area contributed by atoms with Crippen LogP contribution in [0.15, 0.2) is 84.6 Å². The molecule has 1 aliphatic rings. The molecule has 0 amide bonds. The average molecular weight is 413 g/mol. The van der Waals surface area contributed by atoms with Crippen LogP contribution in [-0.2, 0) is 4.79 Å². The minimum Gasteiger partial charge on any atom is -0.452 e. The maximum Gasteiger partial charge on any atom is 0.336 e. The minimum absolute atomic E-state index is 0.0305. The van der Waals surface area contributed by atoms with Crippen molar-refractivity contribution in [3.63, 3.8) is 0 Å². The van der Waals surface area contributed by atoms with Gasteiger partial charge in [0.2, 0.25) is 5.78 Å². The number of allylic oxidation sites excluding steroid dienone is 1. The van der Waals surface area contributed by atoms with Gasteiger partial charge in [-0.1, -0.05) is 42.5 Å². The van der Waals surface area contributed by atoms with Crippen molar-refractivity contribution in [3.8, 4) is 11.5 Å². The Morgan fingerprint density at radius 3 is 2.52 bits per heavy atom. The van der Waals surface area contributed by atoms with E-state index < -0.39 is 10.9 Å². The van der Waals surface area contributed by atoms with Crippen LogP contribution in [0.2, 0.25) is 0 Å². The fraction of sp³-hybridized carbons (Fsp3) is 0. The molecule has 1 aliphatic heterocycles. The number of esters is 1. The molecular formula is C24H15NO6. The first-order valence-electron chi connectivity index (χ1n) is 9.27. The van der Waals surface area contributed by atoms with Gasteiger partial charge in [0.1, 0.15) is 11.5 Å². The molecule has 31 heavy (non-hydrogen) atoms. The summed E-state index contributed by atoms with van der Waals surface area (Å²) in [5, 5.41) is 10.9. The molecule has 0 saturated heterocycles. The molecule has 1 heterocycles. The topological polar surface area (TPSA) is 95.7 Å².